The Morgan fingerprint density at radius 2 is 2.29 bits per heavy atom. The van der Waals surface area contributed by atoms with Gasteiger partial charge in [0, 0.05) is 11.9 Å². The molecule has 0 radical (unpaired) electrons. The highest BCUT2D eigenvalue weighted by Crippen LogP contribution is 2.27. The van der Waals surface area contributed by atoms with Crippen molar-refractivity contribution in [3.05, 3.63) is 35.8 Å². The van der Waals surface area contributed by atoms with Crippen LogP contribution in [-0.2, 0) is 0 Å². The molecule has 1 aromatic carbocycles. The van der Waals surface area contributed by atoms with Crippen LogP contribution in [0.3, 0.4) is 0 Å². The highest BCUT2D eigenvalue weighted by atomic mass is 19.1. The number of fused-ring (bicyclic) bond motifs is 1. The SMILES string of the molecule is CC1CCCN(C(=O)c2cc3cc(F)ccc3o2)C1CO. The molecule has 0 bridgehead atoms. The van der Waals surface area contributed by atoms with Crippen molar-refractivity contribution in [3.63, 3.8) is 0 Å². The van der Waals surface area contributed by atoms with Gasteiger partial charge in [0.15, 0.2) is 5.76 Å². The van der Waals surface area contributed by atoms with Gasteiger partial charge in [0.05, 0.1) is 12.6 Å². The first-order chi connectivity index (χ1) is 10.1. The zero-order valence-corrected chi connectivity index (χ0v) is 11.9. The Morgan fingerprint density at radius 3 is 3.05 bits per heavy atom. The number of furan rings is 1. The fourth-order valence-electron chi connectivity index (χ4n) is 3.04. The quantitative estimate of drug-likeness (QED) is 0.925. The maximum Gasteiger partial charge on any atom is 0.289 e. The Labute approximate surface area is 122 Å². The highest BCUT2D eigenvalue weighted by Gasteiger charge is 2.33. The van der Waals surface area contributed by atoms with Crippen LogP contribution in [0.1, 0.15) is 30.3 Å². The van der Waals surface area contributed by atoms with Crippen LogP contribution in [0, 0.1) is 11.7 Å². The Kier molecular flexibility index (Phi) is 3.68. The Morgan fingerprint density at radius 1 is 1.48 bits per heavy atom. The van der Waals surface area contributed by atoms with Gasteiger partial charge in [-0.3, -0.25) is 4.79 Å². The maximum absolute atomic E-state index is 13.2. The Balaban J connectivity index is 1.92. The van der Waals surface area contributed by atoms with E-state index in [0.29, 0.717) is 17.5 Å². The smallest absolute Gasteiger partial charge is 0.289 e. The van der Waals surface area contributed by atoms with E-state index in [1.807, 2.05) is 6.92 Å². The predicted octanol–water partition coefficient (Wildman–Crippen LogP) is 2.80. The molecule has 2 unspecified atom stereocenters. The summed E-state index contributed by atoms with van der Waals surface area (Å²) in [6.45, 7) is 2.59. The number of halogens is 1. The van der Waals surface area contributed by atoms with Crippen LogP contribution in [-0.4, -0.2) is 35.1 Å². The summed E-state index contributed by atoms with van der Waals surface area (Å²) >= 11 is 0. The Bertz CT molecular complexity index is 667. The summed E-state index contributed by atoms with van der Waals surface area (Å²) < 4.78 is 18.7. The third-order valence-corrected chi connectivity index (χ3v) is 4.25. The van der Waals surface area contributed by atoms with Crippen LogP contribution < -0.4 is 0 Å². The van der Waals surface area contributed by atoms with Gasteiger partial charge >= 0.3 is 0 Å². The fraction of sp³-hybridized carbons (Fsp3) is 0.438. The lowest BCUT2D eigenvalue weighted by Gasteiger charge is -2.38. The first kappa shape index (κ1) is 14.1. The molecule has 0 saturated carbocycles. The summed E-state index contributed by atoms with van der Waals surface area (Å²) in [6.07, 6.45) is 1.92. The molecule has 1 amide bonds. The molecule has 3 rings (SSSR count). The molecular formula is C16H18FNO3. The Hall–Kier alpha value is -1.88. The molecule has 2 heterocycles. The second-order valence-electron chi connectivity index (χ2n) is 5.66. The summed E-state index contributed by atoms with van der Waals surface area (Å²) in [5.41, 5.74) is 0.491. The van der Waals surface area contributed by atoms with Gasteiger partial charge in [-0.2, -0.15) is 0 Å². The van der Waals surface area contributed by atoms with Crippen molar-refractivity contribution in [3.8, 4) is 0 Å². The number of hydrogen-bond donors (Lipinski definition) is 1. The van der Waals surface area contributed by atoms with Gasteiger partial charge in [0.1, 0.15) is 11.4 Å². The fourth-order valence-corrected chi connectivity index (χ4v) is 3.04. The van der Waals surface area contributed by atoms with Crippen molar-refractivity contribution >= 4 is 16.9 Å². The summed E-state index contributed by atoms with van der Waals surface area (Å²) in [4.78, 5) is 14.3. The van der Waals surface area contributed by atoms with Gasteiger partial charge in [-0.1, -0.05) is 6.92 Å². The minimum atomic E-state index is -0.359. The number of amides is 1. The lowest BCUT2D eigenvalue weighted by atomic mass is 9.91. The number of piperidine rings is 1. The number of likely N-dealkylation sites (tertiary alicyclic amines) is 1. The van der Waals surface area contributed by atoms with Crippen molar-refractivity contribution in [2.24, 2.45) is 5.92 Å². The predicted molar refractivity (Wildman–Crippen MR) is 76.5 cm³/mol. The molecule has 2 atom stereocenters. The molecule has 1 fully saturated rings. The van der Waals surface area contributed by atoms with Gasteiger partial charge in [0.2, 0.25) is 0 Å². The van der Waals surface area contributed by atoms with Crippen LogP contribution in [0.5, 0.6) is 0 Å². The number of benzene rings is 1. The minimum Gasteiger partial charge on any atom is -0.451 e. The minimum absolute atomic E-state index is 0.0538. The second-order valence-corrected chi connectivity index (χ2v) is 5.66. The van der Waals surface area contributed by atoms with Crippen LogP contribution in [0.2, 0.25) is 0 Å². The largest absolute Gasteiger partial charge is 0.451 e. The van der Waals surface area contributed by atoms with Crippen LogP contribution in [0.4, 0.5) is 4.39 Å². The van der Waals surface area contributed by atoms with Gasteiger partial charge in [-0.15, -0.1) is 0 Å². The van der Waals surface area contributed by atoms with Crippen LogP contribution in [0.15, 0.2) is 28.7 Å². The van der Waals surface area contributed by atoms with E-state index in [-0.39, 0.29) is 36.1 Å². The zero-order chi connectivity index (χ0) is 15.0. The standard InChI is InChI=1S/C16H18FNO3/c1-10-3-2-6-18(13(10)9-19)16(20)15-8-11-7-12(17)4-5-14(11)21-15/h4-5,7-8,10,13,19H,2-3,6,9H2,1H3. The summed E-state index contributed by atoms with van der Waals surface area (Å²) in [7, 11) is 0. The third kappa shape index (κ3) is 2.53. The lowest BCUT2D eigenvalue weighted by molar-refractivity contribution is 0.0333. The molecule has 0 aliphatic carbocycles. The maximum atomic E-state index is 13.2. The summed E-state index contributed by atoms with van der Waals surface area (Å²) in [5, 5.41) is 10.1. The first-order valence-electron chi connectivity index (χ1n) is 7.21. The highest BCUT2D eigenvalue weighted by molar-refractivity contribution is 5.96. The van der Waals surface area contributed by atoms with E-state index < -0.39 is 0 Å². The average Bonchev–Trinajstić information content (AvgIpc) is 2.89. The number of aliphatic hydroxyl groups excluding tert-OH is 1. The normalized spacial score (nSPS) is 22.7. The summed E-state index contributed by atoms with van der Waals surface area (Å²) in [6, 6.07) is 5.55. The topological polar surface area (TPSA) is 53.7 Å². The van der Waals surface area contributed by atoms with Gasteiger partial charge in [0.25, 0.3) is 5.91 Å². The van der Waals surface area contributed by atoms with E-state index in [1.165, 1.54) is 18.2 Å². The van der Waals surface area contributed by atoms with Crippen LogP contribution >= 0.6 is 0 Å². The number of carbonyl (C=O) groups excluding carboxylic acids is 1. The van der Waals surface area contributed by atoms with Crippen molar-refractivity contribution in [1.29, 1.82) is 0 Å². The molecule has 1 aliphatic heterocycles. The zero-order valence-electron chi connectivity index (χ0n) is 11.9. The summed E-state index contributed by atoms with van der Waals surface area (Å²) in [5.74, 6) is -0.142. The number of aliphatic hydroxyl groups is 1. The number of carbonyl (C=O) groups is 1. The monoisotopic (exact) mass is 291 g/mol. The number of nitrogens with zero attached hydrogens (tertiary/aromatic N) is 1. The first-order valence-corrected chi connectivity index (χ1v) is 7.21. The molecule has 5 heteroatoms. The van der Waals surface area contributed by atoms with Gasteiger partial charge in [-0.25, -0.2) is 4.39 Å². The average molecular weight is 291 g/mol. The molecule has 2 aromatic rings. The van der Waals surface area contributed by atoms with E-state index in [2.05, 4.69) is 0 Å². The molecule has 4 nitrogen and oxygen atoms in total. The van der Waals surface area contributed by atoms with E-state index in [4.69, 9.17) is 4.42 Å². The van der Waals surface area contributed by atoms with Crippen molar-refractivity contribution in [1.82, 2.24) is 4.90 Å². The third-order valence-electron chi connectivity index (χ3n) is 4.25. The van der Waals surface area contributed by atoms with Crippen molar-refractivity contribution in [2.75, 3.05) is 13.2 Å². The molecule has 1 aromatic heterocycles. The molecule has 112 valence electrons. The molecule has 21 heavy (non-hydrogen) atoms. The van der Waals surface area contributed by atoms with Gasteiger partial charge in [-0.05, 0) is 43.0 Å². The molecule has 1 saturated heterocycles. The molecule has 0 spiro atoms. The second kappa shape index (κ2) is 5.48. The lowest BCUT2D eigenvalue weighted by Crippen LogP contribution is -2.49. The van der Waals surface area contributed by atoms with E-state index in [1.54, 1.807) is 11.0 Å². The van der Waals surface area contributed by atoms with E-state index >= 15 is 0 Å². The molecule has 1 N–H and O–H groups in total. The molecule has 1 aliphatic rings. The van der Waals surface area contributed by atoms with E-state index in [9.17, 15) is 14.3 Å². The number of rotatable bonds is 2. The van der Waals surface area contributed by atoms with Crippen molar-refractivity contribution in [2.45, 2.75) is 25.8 Å². The van der Waals surface area contributed by atoms with Crippen molar-refractivity contribution < 1.29 is 18.7 Å². The van der Waals surface area contributed by atoms with Gasteiger partial charge < -0.3 is 14.4 Å². The molecular weight excluding hydrogens is 273 g/mol. The van der Waals surface area contributed by atoms with Crippen LogP contribution in [0.25, 0.3) is 11.0 Å². The van der Waals surface area contributed by atoms with E-state index in [0.717, 1.165) is 12.8 Å². The number of hydrogen-bond acceptors (Lipinski definition) is 3.